The van der Waals surface area contributed by atoms with E-state index in [1.165, 1.54) is 0 Å². The van der Waals surface area contributed by atoms with Crippen molar-refractivity contribution in [2.75, 3.05) is 38.6 Å². The number of likely N-dealkylation sites (N-methyl/N-ethyl adjacent to an activating group) is 1. The van der Waals surface area contributed by atoms with Crippen LogP contribution in [-0.4, -0.2) is 71.3 Å². The van der Waals surface area contributed by atoms with Gasteiger partial charge in [-0.15, -0.1) is 0 Å². The van der Waals surface area contributed by atoms with Gasteiger partial charge in [0.05, 0.1) is 5.60 Å². The largest absolute Gasteiger partial charge is 0.390 e. The van der Waals surface area contributed by atoms with Crippen molar-refractivity contribution in [3.05, 3.63) is 17.1 Å². The second-order valence-electron chi connectivity index (χ2n) is 7.75. The number of amides is 1. The first kappa shape index (κ1) is 19.6. The molecule has 7 heteroatoms. The van der Waals surface area contributed by atoms with Crippen LogP contribution in [0.4, 0.5) is 5.82 Å². The fourth-order valence-corrected chi connectivity index (χ4v) is 2.94. The number of hydrogen-bond acceptors (Lipinski definition) is 6. The number of aliphatic hydroxyl groups is 1. The Morgan fingerprint density at radius 3 is 2.60 bits per heavy atom. The van der Waals surface area contributed by atoms with E-state index in [9.17, 15) is 9.90 Å². The maximum atomic E-state index is 12.4. The molecule has 2 rings (SSSR count). The monoisotopic (exact) mass is 349 g/mol. The van der Waals surface area contributed by atoms with E-state index in [0.29, 0.717) is 19.0 Å². The predicted octanol–water partition coefficient (Wildman–Crippen LogP) is 1.12. The lowest BCUT2D eigenvalue weighted by molar-refractivity contribution is 0.0691. The summed E-state index contributed by atoms with van der Waals surface area (Å²) in [6.07, 6.45) is 1.57. The molecule has 0 spiro atoms. The molecule has 0 aliphatic carbocycles. The topological polar surface area (TPSA) is 81.6 Å². The minimum atomic E-state index is -0.806. The molecular weight excluding hydrogens is 318 g/mol. The number of carbonyl (C=O) groups excluding carboxylic acids is 1. The van der Waals surface area contributed by atoms with Gasteiger partial charge in [-0.3, -0.25) is 4.79 Å². The first-order valence-corrected chi connectivity index (χ1v) is 8.85. The van der Waals surface area contributed by atoms with Crippen LogP contribution in [0.2, 0.25) is 0 Å². The van der Waals surface area contributed by atoms with Gasteiger partial charge in [-0.1, -0.05) is 0 Å². The van der Waals surface area contributed by atoms with Crippen molar-refractivity contribution in [2.24, 2.45) is 0 Å². The highest BCUT2D eigenvalue weighted by atomic mass is 16.3. The smallest absolute Gasteiger partial charge is 0.289 e. The minimum Gasteiger partial charge on any atom is -0.390 e. The third-order valence-electron chi connectivity index (χ3n) is 4.78. The van der Waals surface area contributed by atoms with Crippen LogP contribution in [0, 0.1) is 13.8 Å². The van der Waals surface area contributed by atoms with Gasteiger partial charge >= 0.3 is 0 Å². The molecule has 1 saturated heterocycles. The fraction of sp³-hybridized carbons (Fsp3) is 0.722. The Hall–Kier alpha value is -1.73. The molecule has 1 aromatic rings. The van der Waals surface area contributed by atoms with E-state index in [4.69, 9.17) is 0 Å². The number of anilines is 1. The van der Waals surface area contributed by atoms with Crippen LogP contribution in [0.25, 0.3) is 0 Å². The van der Waals surface area contributed by atoms with E-state index in [-0.39, 0.29) is 11.7 Å². The molecule has 1 aliphatic rings. The van der Waals surface area contributed by atoms with E-state index in [2.05, 4.69) is 39.2 Å². The molecule has 1 aromatic heterocycles. The maximum Gasteiger partial charge on any atom is 0.289 e. The molecule has 1 amide bonds. The zero-order valence-electron chi connectivity index (χ0n) is 16.3. The van der Waals surface area contributed by atoms with Crippen molar-refractivity contribution in [1.29, 1.82) is 0 Å². The molecule has 0 radical (unpaired) electrons. The van der Waals surface area contributed by atoms with E-state index >= 15 is 0 Å². The van der Waals surface area contributed by atoms with Crippen LogP contribution < -0.4 is 10.2 Å². The average Bonchev–Trinajstić information content (AvgIpc) is 2.98. The van der Waals surface area contributed by atoms with Crippen LogP contribution in [0.5, 0.6) is 0 Å². The van der Waals surface area contributed by atoms with Gasteiger partial charge in [0.2, 0.25) is 5.82 Å². The number of hydrogen-bond donors (Lipinski definition) is 2. The molecule has 140 valence electrons. The average molecular weight is 349 g/mol. The lowest BCUT2D eigenvalue weighted by atomic mass is 10.1. The zero-order valence-corrected chi connectivity index (χ0v) is 16.3. The van der Waals surface area contributed by atoms with Crippen LogP contribution in [-0.2, 0) is 0 Å². The quantitative estimate of drug-likeness (QED) is 0.801. The predicted molar refractivity (Wildman–Crippen MR) is 99.1 cm³/mol. The molecule has 7 nitrogen and oxygen atoms in total. The molecule has 1 fully saturated rings. The van der Waals surface area contributed by atoms with E-state index in [1.807, 2.05) is 13.8 Å². The SMILES string of the molecule is Cc1nc(C(=O)NCCC(C)(C)O)nc(N2CC[C@@H](N(C)C)C2)c1C. The standard InChI is InChI=1S/C18H31N5O2/c1-12-13(2)20-15(17(24)19-9-8-18(3,4)25)21-16(12)23-10-7-14(11-23)22(5)6/h14,25H,7-11H2,1-6H3,(H,19,24)/t14-/m1/s1. The summed E-state index contributed by atoms with van der Waals surface area (Å²) in [5, 5.41) is 12.5. The summed E-state index contributed by atoms with van der Waals surface area (Å²) in [6, 6.07) is 0.499. The van der Waals surface area contributed by atoms with Gasteiger partial charge in [0.1, 0.15) is 5.82 Å². The van der Waals surface area contributed by atoms with Crippen molar-refractivity contribution < 1.29 is 9.90 Å². The van der Waals surface area contributed by atoms with Crippen molar-refractivity contribution >= 4 is 11.7 Å². The molecule has 2 N–H and O–H groups in total. The normalized spacial score (nSPS) is 18.1. The van der Waals surface area contributed by atoms with Gasteiger partial charge in [-0.05, 0) is 54.6 Å². The van der Waals surface area contributed by atoms with E-state index in [1.54, 1.807) is 13.8 Å². The molecule has 0 bridgehead atoms. The zero-order chi connectivity index (χ0) is 18.8. The van der Waals surface area contributed by atoms with Gasteiger partial charge < -0.3 is 20.2 Å². The van der Waals surface area contributed by atoms with Gasteiger partial charge in [-0.25, -0.2) is 9.97 Å². The highest BCUT2D eigenvalue weighted by Gasteiger charge is 2.27. The van der Waals surface area contributed by atoms with Crippen LogP contribution in [0.15, 0.2) is 0 Å². The third-order valence-corrected chi connectivity index (χ3v) is 4.78. The van der Waals surface area contributed by atoms with Gasteiger partial charge in [0.15, 0.2) is 0 Å². The number of aromatic nitrogens is 2. The summed E-state index contributed by atoms with van der Waals surface area (Å²) >= 11 is 0. The Bertz CT molecular complexity index is 625. The Morgan fingerprint density at radius 1 is 1.36 bits per heavy atom. The van der Waals surface area contributed by atoms with Gasteiger partial charge in [-0.2, -0.15) is 0 Å². The van der Waals surface area contributed by atoms with Crippen molar-refractivity contribution in [2.45, 2.75) is 52.2 Å². The number of aryl methyl sites for hydroxylation is 1. The highest BCUT2D eigenvalue weighted by molar-refractivity contribution is 5.91. The van der Waals surface area contributed by atoms with Crippen molar-refractivity contribution in [1.82, 2.24) is 20.2 Å². The van der Waals surface area contributed by atoms with Crippen LogP contribution in [0.3, 0.4) is 0 Å². The second kappa shape index (κ2) is 7.66. The van der Waals surface area contributed by atoms with E-state index < -0.39 is 5.60 Å². The van der Waals surface area contributed by atoms with Crippen molar-refractivity contribution in [3.8, 4) is 0 Å². The first-order chi connectivity index (χ1) is 11.6. The number of nitrogens with one attached hydrogen (secondary N) is 1. The summed E-state index contributed by atoms with van der Waals surface area (Å²) in [4.78, 5) is 25.8. The van der Waals surface area contributed by atoms with Crippen molar-refractivity contribution in [3.63, 3.8) is 0 Å². The lowest BCUT2D eigenvalue weighted by Crippen LogP contribution is -2.34. The molecule has 2 heterocycles. The van der Waals surface area contributed by atoms with Crippen LogP contribution >= 0.6 is 0 Å². The molecule has 1 atom stereocenters. The summed E-state index contributed by atoms with van der Waals surface area (Å²) in [6.45, 7) is 9.58. The molecule has 25 heavy (non-hydrogen) atoms. The lowest BCUT2D eigenvalue weighted by Gasteiger charge is -2.23. The van der Waals surface area contributed by atoms with Gasteiger partial charge in [0.25, 0.3) is 5.91 Å². The number of carbonyl (C=O) groups is 1. The minimum absolute atomic E-state index is 0.196. The highest BCUT2D eigenvalue weighted by Crippen LogP contribution is 2.25. The second-order valence-corrected chi connectivity index (χ2v) is 7.75. The molecule has 0 unspecified atom stereocenters. The van der Waals surface area contributed by atoms with E-state index in [0.717, 1.165) is 36.6 Å². The fourth-order valence-electron chi connectivity index (χ4n) is 2.94. The molecular formula is C18H31N5O2. The number of nitrogens with zero attached hydrogens (tertiary/aromatic N) is 4. The molecule has 0 saturated carbocycles. The summed E-state index contributed by atoms with van der Waals surface area (Å²) in [7, 11) is 4.18. The maximum absolute atomic E-state index is 12.4. The summed E-state index contributed by atoms with van der Waals surface area (Å²) < 4.78 is 0. The molecule has 0 aromatic carbocycles. The number of rotatable bonds is 6. The summed E-state index contributed by atoms with van der Waals surface area (Å²) in [5.74, 6) is 0.753. The summed E-state index contributed by atoms with van der Waals surface area (Å²) in [5.41, 5.74) is 1.04. The molecule has 1 aliphatic heterocycles. The van der Waals surface area contributed by atoms with Crippen LogP contribution in [0.1, 0.15) is 48.6 Å². The Labute approximate surface area is 150 Å². The Morgan fingerprint density at radius 2 is 2.04 bits per heavy atom. The van der Waals surface area contributed by atoms with Gasteiger partial charge in [0, 0.05) is 36.9 Å². The third kappa shape index (κ3) is 5.12. The first-order valence-electron chi connectivity index (χ1n) is 8.85. The Balaban J connectivity index is 2.13. The Kier molecular flexibility index (Phi) is 6.00.